The summed E-state index contributed by atoms with van der Waals surface area (Å²) in [5.74, 6) is 1.68. The summed E-state index contributed by atoms with van der Waals surface area (Å²) in [5, 5.41) is 11.7. The first-order valence-electron chi connectivity index (χ1n) is 10.5. The van der Waals surface area contributed by atoms with E-state index < -0.39 is 0 Å². The average Bonchev–Trinajstić information content (AvgIpc) is 3.28. The lowest BCUT2D eigenvalue weighted by Gasteiger charge is -2.32. The van der Waals surface area contributed by atoms with Gasteiger partial charge < -0.3 is 5.32 Å². The lowest BCUT2D eigenvalue weighted by molar-refractivity contribution is -0.126. The number of hydrogen-bond acceptors (Lipinski definition) is 5. The zero-order valence-corrected chi connectivity index (χ0v) is 18.8. The molecule has 6 nitrogen and oxygen atoms in total. The van der Waals surface area contributed by atoms with E-state index in [1.165, 1.54) is 17.3 Å². The van der Waals surface area contributed by atoms with Crippen LogP contribution in [0.5, 0.6) is 0 Å². The molecule has 2 aromatic carbocycles. The molecule has 1 atom stereocenters. The summed E-state index contributed by atoms with van der Waals surface area (Å²) >= 11 is 7.51. The fourth-order valence-corrected chi connectivity index (χ4v) is 4.54. The van der Waals surface area contributed by atoms with Crippen LogP contribution in [0.15, 0.2) is 59.8 Å². The number of thioether (sulfide) groups is 1. The predicted molar refractivity (Wildman–Crippen MR) is 125 cm³/mol. The number of likely N-dealkylation sites (tertiary alicyclic amines) is 1. The van der Waals surface area contributed by atoms with Gasteiger partial charge in [0.1, 0.15) is 0 Å². The Morgan fingerprint density at radius 2 is 2.00 bits per heavy atom. The molecule has 3 aromatic rings. The molecule has 0 spiro atoms. The van der Waals surface area contributed by atoms with Crippen molar-refractivity contribution in [2.24, 2.45) is 5.92 Å². The fraction of sp³-hybridized carbons (Fsp3) is 0.348. The molecule has 1 saturated heterocycles. The van der Waals surface area contributed by atoms with Crippen molar-refractivity contribution in [2.45, 2.75) is 24.5 Å². The van der Waals surface area contributed by atoms with Gasteiger partial charge >= 0.3 is 0 Å². The Labute approximate surface area is 191 Å². The van der Waals surface area contributed by atoms with E-state index in [1.54, 1.807) is 0 Å². The molecule has 1 aliphatic heterocycles. The Morgan fingerprint density at radius 1 is 1.19 bits per heavy atom. The third kappa shape index (κ3) is 6.32. The minimum atomic E-state index is 0.0410. The first-order chi connectivity index (χ1) is 15.2. The maximum absolute atomic E-state index is 12.6. The normalized spacial score (nSPS) is 16.9. The van der Waals surface area contributed by atoms with Gasteiger partial charge in [0, 0.05) is 36.0 Å². The molecule has 2 heterocycles. The van der Waals surface area contributed by atoms with E-state index in [1.807, 2.05) is 42.5 Å². The number of H-pyrrole nitrogens is 1. The summed E-state index contributed by atoms with van der Waals surface area (Å²) in [6.07, 6.45) is 1.98. The summed E-state index contributed by atoms with van der Waals surface area (Å²) in [7, 11) is 0. The van der Waals surface area contributed by atoms with Gasteiger partial charge in [0.05, 0.1) is 5.92 Å². The van der Waals surface area contributed by atoms with Crippen LogP contribution in [0.3, 0.4) is 0 Å². The molecule has 1 unspecified atom stereocenters. The van der Waals surface area contributed by atoms with E-state index in [0.717, 1.165) is 54.6 Å². The highest BCUT2D eigenvalue weighted by Gasteiger charge is 2.25. The Hall–Kier alpha value is -2.35. The van der Waals surface area contributed by atoms with E-state index in [-0.39, 0.29) is 11.8 Å². The Bertz CT molecular complexity index is 979. The number of halogens is 1. The first kappa shape index (κ1) is 21.9. The van der Waals surface area contributed by atoms with Crippen molar-refractivity contribution < 1.29 is 4.79 Å². The molecular weight excluding hydrogens is 430 g/mol. The third-order valence-electron chi connectivity index (χ3n) is 5.34. The number of aromatic amines is 1. The second-order valence-corrected chi connectivity index (χ2v) is 9.17. The quantitative estimate of drug-likeness (QED) is 0.392. The number of amides is 1. The van der Waals surface area contributed by atoms with Gasteiger partial charge in [0.15, 0.2) is 5.82 Å². The van der Waals surface area contributed by atoms with E-state index in [0.29, 0.717) is 11.7 Å². The maximum atomic E-state index is 12.6. The highest BCUT2D eigenvalue weighted by Crippen LogP contribution is 2.21. The SMILES string of the molecule is O=C(NCCSc1n[nH]c(-c2ccccc2)n1)C1CCCN(Cc2ccc(Cl)cc2)C1. The molecular formula is C23H26ClN5OS. The third-order valence-corrected chi connectivity index (χ3v) is 6.44. The second-order valence-electron chi connectivity index (χ2n) is 7.67. The van der Waals surface area contributed by atoms with Gasteiger partial charge in [-0.15, -0.1) is 5.10 Å². The molecule has 0 aliphatic carbocycles. The van der Waals surface area contributed by atoms with Crippen molar-refractivity contribution in [3.05, 3.63) is 65.2 Å². The Kier molecular flexibility index (Phi) is 7.61. The fourth-order valence-electron chi connectivity index (χ4n) is 3.76. The van der Waals surface area contributed by atoms with Crippen LogP contribution in [0, 0.1) is 5.92 Å². The molecule has 8 heteroatoms. The molecule has 1 aromatic heterocycles. The van der Waals surface area contributed by atoms with Gasteiger partial charge in [0.25, 0.3) is 0 Å². The van der Waals surface area contributed by atoms with Crippen molar-refractivity contribution >= 4 is 29.3 Å². The second kappa shape index (κ2) is 10.8. The van der Waals surface area contributed by atoms with E-state index in [9.17, 15) is 4.79 Å². The number of nitrogens with zero attached hydrogens (tertiary/aromatic N) is 3. The van der Waals surface area contributed by atoms with Crippen LogP contribution in [0.4, 0.5) is 0 Å². The Balaban J connectivity index is 1.19. The summed E-state index contributed by atoms with van der Waals surface area (Å²) in [5.41, 5.74) is 2.24. The smallest absolute Gasteiger partial charge is 0.224 e. The zero-order chi connectivity index (χ0) is 21.5. The number of nitrogens with one attached hydrogen (secondary N) is 2. The minimum Gasteiger partial charge on any atom is -0.355 e. The number of piperidine rings is 1. The van der Waals surface area contributed by atoms with Crippen LogP contribution >= 0.6 is 23.4 Å². The zero-order valence-electron chi connectivity index (χ0n) is 17.3. The first-order valence-corrected chi connectivity index (χ1v) is 11.9. The van der Waals surface area contributed by atoms with Crippen molar-refractivity contribution in [3.8, 4) is 11.4 Å². The summed E-state index contributed by atoms with van der Waals surface area (Å²) in [4.78, 5) is 19.5. The number of carbonyl (C=O) groups excluding carboxylic acids is 1. The lowest BCUT2D eigenvalue weighted by Crippen LogP contribution is -2.43. The molecule has 1 fully saturated rings. The Morgan fingerprint density at radius 3 is 2.81 bits per heavy atom. The molecule has 0 bridgehead atoms. The number of aromatic nitrogens is 3. The topological polar surface area (TPSA) is 73.9 Å². The van der Waals surface area contributed by atoms with Gasteiger partial charge in [-0.1, -0.05) is 65.8 Å². The monoisotopic (exact) mass is 455 g/mol. The molecule has 1 amide bonds. The van der Waals surface area contributed by atoms with Gasteiger partial charge in [-0.2, -0.15) is 0 Å². The minimum absolute atomic E-state index is 0.0410. The molecule has 0 saturated carbocycles. The molecule has 1 aliphatic rings. The largest absolute Gasteiger partial charge is 0.355 e. The number of hydrogen-bond donors (Lipinski definition) is 2. The number of benzene rings is 2. The van der Waals surface area contributed by atoms with Crippen molar-refractivity contribution in [3.63, 3.8) is 0 Å². The summed E-state index contributed by atoms with van der Waals surface area (Å²) < 4.78 is 0. The predicted octanol–water partition coefficient (Wildman–Crippen LogP) is 4.25. The van der Waals surface area contributed by atoms with Crippen LogP contribution in [0.1, 0.15) is 18.4 Å². The standard InChI is InChI=1S/C23H26ClN5OS/c24-20-10-8-17(9-11-20)15-29-13-4-7-19(16-29)22(30)25-12-14-31-23-26-21(27-28-23)18-5-2-1-3-6-18/h1-3,5-6,8-11,19H,4,7,12-16H2,(H,25,30)(H,26,27,28). The molecule has 0 radical (unpaired) electrons. The summed E-state index contributed by atoms with van der Waals surface area (Å²) in [6.45, 7) is 3.28. The van der Waals surface area contributed by atoms with Crippen molar-refractivity contribution in [2.75, 3.05) is 25.4 Å². The average molecular weight is 456 g/mol. The van der Waals surface area contributed by atoms with Crippen molar-refractivity contribution in [1.82, 2.24) is 25.4 Å². The number of carbonyl (C=O) groups is 1. The highest BCUT2D eigenvalue weighted by molar-refractivity contribution is 7.99. The van der Waals surface area contributed by atoms with E-state index >= 15 is 0 Å². The van der Waals surface area contributed by atoms with E-state index in [2.05, 4.69) is 37.5 Å². The molecule has 162 valence electrons. The van der Waals surface area contributed by atoms with Crippen molar-refractivity contribution in [1.29, 1.82) is 0 Å². The van der Waals surface area contributed by atoms with Gasteiger partial charge in [0.2, 0.25) is 11.1 Å². The van der Waals surface area contributed by atoms with Crippen LogP contribution in [0.2, 0.25) is 5.02 Å². The summed E-state index contributed by atoms with van der Waals surface area (Å²) in [6, 6.07) is 17.8. The van der Waals surface area contributed by atoms with Crippen LogP contribution in [-0.2, 0) is 11.3 Å². The highest BCUT2D eigenvalue weighted by atomic mass is 35.5. The molecule has 4 rings (SSSR count). The van der Waals surface area contributed by atoms with Gasteiger partial charge in [-0.05, 0) is 37.1 Å². The number of rotatable bonds is 8. The van der Waals surface area contributed by atoms with E-state index in [4.69, 9.17) is 11.6 Å². The maximum Gasteiger partial charge on any atom is 0.224 e. The molecule has 2 N–H and O–H groups in total. The van der Waals surface area contributed by atoms with Crippen LogP contribution in [-0.4, -0.2) is 51.4 Å². The van der Waals surface area contributed by atoms with Crippen LogP contribution < -0.4 is 5.32 Å². The van der Waals surface area contributed by atoms with Gasteiger partial charge in [-0.3, -0.25) is 14.8 Å². The molecule has 31 heavy (non-hydrogen) atoms. The van der Waals surface area contributed by atoms with Crippen LogP contribution in [0.25, 0.3) is 11.4 Å². The van der Waals surface area contributed by atoms with Gasteiger partial charge in [-0.25, -0.2) is 4.98 Å². The lowest BCUT2D eigenvalue weighted by atomic mass is 9.96.